The highest BCUT2D eigenvalue weighted by molar-refractivity contribution is 5.63. The van der Waals surface area contributed by atoms with Crippen molar-refractivity contribution >= 4 is 5.69 Å². The maximum absolute atomic E-state index is 9.43. The third-order valence-electron chi connectivity index (χ3n) is 3.74. The number of likely N-dealkylation sites (tertiary alicyclic amines) is 1. The van der Waals surface area contributed by atoms with E-state index in [1.165, 1.54) is 18.5 Å². The zero-order valence-corrected chi connectivity index (χ0v) is 8.95. The molecular formula is C12H16N2O. The van der Waals surface area contributed by atoms with E-state index in [9.17, 15) is 5.11 Å². The Bertz CT molecular complexity index is 405. The van der Waals surface area contributed by atoms with Crippen LogP contribution in [0.4, 0.5) is 5.69 Å². The number of nitrogens with one attached hydrogen (secondary N) is 1. The molecule has 0 aromatic heterocycles. The first-order valence-electron chi connectivity index (χ1n) is 5.46. The lowest BCUT2D eigenvalue weighted by molar-refractivity contribution is 0.381. The second-order valence-corrected chi connectivity index (χ2v) is 4.85. The van der Waals surface area contributed by atoms with Crippen molar-refractivity contribution in [2.45, 2.75) is 11.8 Å². The quantitative estimate of drug-likeness (QED) is 0.670. The van der Waals surface area contributed by atoms with Crippen molar-refractivity contribution in [2.24, 2.45) is 0 Å². The number of phenols is 1. The molecule has 15 heavy (non-hydrogen) atoms. The zero-order chi connectivity index (χ0) is 10.5. The first kappa shape index (κ1) is 9.04. The maximum atomic E-state index is 9.43. The van der Waals surface area contributed by atoms with E-state index >= 15 is 0 Å². The molecule has 2 aliphatic rings. The minimum absolute atomic E-state index is 0.289. The van der Waals surface area contributed by atoms with Crippen LogP contribution in [-0.2, 0) is 5.41 Å². The molecule has 1 spiro atoms. The smallest absolute Gasteiger partial charge is 0.117 e. The van der Waals surface area contributed by atoms with Crippen molar-refractivity contribution in [3.8, 4) is 5.75 Å². The van der Waals surface area contributed by atoms with Gasteiger partial charge in [-0.3, -0.25) is 0 Å². The van der Waals surface area contributed by atoms with Gasteiger partial charge in [0.1, 0.15) is 5.75 Å². The summed E-state index contributed by atoms with van der Waals surface area (Å²) in [6.07, 6.45) is 1.22. The largest absolute Gasteiger partial charge is 0.508 e. The molecule has 1 fully saturated rings. The van der Waals surface area contributed by atoms with Crippen LogP contribution in [0, 0.1) is 0 Å². The summed E-state index contributed by atoms with van der Waals surface area (Å²) in [5.41, 5.74) is 2.78. The number of rotatable bonds is 0. The molecule has 2 aliphatic heterocycles. The van der Waals surface area contributed by atoms with E-state index in [1.54, 1.807) is 6.07 Å². The van der Waals surface area contributed by atoms with Crippen molar-refractivity contribution in [1.82, 2.24) is 4.90 Å². The van der Waals surface area contributed by atoms with Gasteiger partial charge in [-0.2, -0.15) is 0 Å². The fraction of sp³-hybridized carbons (Fsp3) is 0.500. The molecule has 0 saturated carbocycles. The van der Waals surface area contributed by atoms with E-state index < -0.39 is 0 Å². The van der Waals surface area contributed by atoms with Gasteiger partial charge in [0.05, 0.1) is 0 Å². The summed E-state index contributed by atoms with van der Waals surface area (Å²) in [5, 5.41) is 12.8. The molecule has 3 rings (SSSR count). The van der Waals surface area contributed by atoms with Gasteiger partial charge in [0.15, 0.2) is 0 Å². The van der Waals surface area contributed by atoms with Gasteiger partial charge in [-0.15, -0.1) is 0 Å². The van der Waals surface area contributed by atoms with Crippen LogP contribution in [0.3, 0.4) is 0 Å². The Labute approximate surface area is 89.7 Å². The lowest BCUT2D eigenvalue weighted by Gasteiger charge is -2.22. The molecule has 2 heterocycles. The third-order valence-corrected chi connectivity index (χ3v) is 3.74. The second kappa shape index (κ2) is 2.89. The van der Waals surface area contributed by atoms with Gasteiger partial charge in [0.2, 0.25) is 0 Å². The van der Waals surface area contributed by atoms with Crippen LogP contribution >= 0.6 is 0 Å². The van der Waals surface area contributed by atoms with Gasteiger partial charge in [-0.25, -0.2) is 0 Å². The number of aromatic hydroxyl groups is 1. The lowest BCUT2D eigenvalue weighted by Crippen LogP contribution is -2.31. The Hall–Kier alpha value is -1.22. The van der Waals surface area contributed by atoms with Gasteiger partial charge in [-0.1, -0.05) is 6.07 Å². The summed E-state index contributed by atoms with van der Waals surface area (Å²) in [5.74, 6) is 0.352. The Kier molecular flexibility index (Phi) is 1.74. The van der Waals surface area contributed by atoms with Crippen molar-refractivity contribution in [1.29, 1.82) is 0 Å². The van der Waals surface area contributed by atoms with E-state index in [4.69, 9.17) is 0 Å². The molecule has 3 heteroatoms. The minimum atomic E-state index is 0.289. The Balaban J connectivity index is 2.04. The van der Waals surface area contributed by atoms with Gasteiger partial charge in [-0.05, 0) is 31.6 Å². The Morgan fingerprint density at radius 3 is 3.07 bits per heavy atom. The summed E-state index contributed by atoms with van der Waals surface area (Å²) < 4.78 is 0. The lowest BCUT2D eigenvalue weighted by atomic mass is 9.81. The molecule has 3 nitrogen and oxygen atoms in total. The van der Waals surface area contributed by atoms with E-state index in [1.807, 2.05) is 6.07 Å². The van der Waals surface area contributed by atoms with Crippen molar-refractivity contribution in [3.05, 3.63) is 23.8 Å². The Morgan fingerprint density at radius 1 is 1.47 bits per heavy atom. The van der Waals surface area contributed by atoms with Gasteiger partial charge < -0.3 is 15.3 Å². The fourth-order valence-corrected chi connectivity index (χ4v) is 2.94. The number of nitrogens with zero attached hydrogens (tertiary/aromatic N) is 1. The van der Waals surface area contributed by atoms with E-state index in [0.29, 0.717) is 5.75 Å². The molecule has 80 valence electrons. The monoisotopic (exact) mass is 204 g/mol. The van der Waals surface area contributed by atoms with Crippen LogP contribution in [-0.4, -0.2) is 36.7 Å². The minimum Gasteiger partial charge on any atom is -0.508 e. The first-order chi connectivity index (χ1) is 7.20. The number of fused-ring (bicyclic) bond motifs is 2. The average Bonchev–Trinajstić information content (AvgIpc) is 2.73. The van der Waals surface area contributed by atoms with Crippen LogP contribution in [0.25, 0.3) is 0 Å². The molecule has 0 aliphatic carbocycles. The van der Waals surface area contributed by atoms with Crippen LogP contribution in [0.1, 0.15) is 12.0 Å². The molecule has 0 amide bonds. The molecule has 1 aromatic carbocycles. The van der Waals surface area contributed by atoms with E-state index in [0.717, 1.165) is 18.8 Å². The summed E-state index contributed by atoms with van der Waals surface area (Å²) in [6, 6.07) is 5.71. The topological polar surface area (TPSA) is 35.5 Å². The fourth-order valence-electron chi connectivity index (χ4n) is 2.94. The van der Waals surface area contributed by atoms with Gasteiger partial charge in [0.25, 0.3) is 0 Å². The molecule has 0 radical (unpaired) electrons. The van der Waals surface area contributed by atoms with Gasteiger partial charge >= 0.3 is 0 Å². The molecule has 0 bridgehead atoms. The maximum Gasteiger partial charge on any atom is 0.117 e. The predicted molar refractivity (Wildman–Crippen MR) is 60.4 cm³/mol. The van der Waals surface area contributed by atoms with Crippen LogP contribution in [0.15, 0.2) is 18.2 Å². The highest BCUT2D eigenvalue weighted by Gasteiger charge is 2.43. The van der Waals surface area contributed by atoms with Crippen molar-refractivity contribution in [3.63, 3.8) is 0 Å². The summed E-state index contributed by atoms with van der Waals surface area (Å²) in [4.78, 5) is 2.38. The van der Waals surface area contributed by atoms with Gasteiger partial charge in [0, 0.05) is 30.3 Å². The summed E-state index contributed by atoms with van der Waals surface area (Å²) >= 11 is 0. The zero-order valence-electron chi connectivity index (χ0n) is 8.95. The van der Waals surface area contributed by atoms with Crippen molar-refractivity contribution < 1.29 is 5.11 Å². The number of likely N-dealkylation sites (N-methyl/N-ethyl adjacent to an activating group) is 1. The van der Waals surface area contributed by atoms with Crippen LogP contribution < -0.4 is 5.32 Å². The molecule has 2 N–H and O–H groups in total. The molecule has 1 aromatic rings. The molecule has 1 unspecified atom stereocenters. The second-order valence-electron chi connectivity index (χ2n) is 4.85. The summed E-state index contributed by atoms with van der Waals surface area (Å²) in [7, 11) is 2.17. The highest BCUT2D eigenvalue weighted by Crippen LogP contribution is 2.43. The predicted octanol–water partition coefficient (Wildman–Crippen LogP) is 1.39. The summed E-state index contributed by atoms with van der Waals surface area (Å²) in [6.45, 7) is 3.30. The van der Waals surface area contributed by atoms with Crippen LogP contribution in [0.2, 0.25) is 0 Å². The first-order valence-corrected chi connectivity index (χ1v) is 5.46. The van der Waals surface area contributed by atoms with E-state index in [2.05, 4.69) is 23.3 Å². The number of phenolic OH excluding ortho intramolecular Hbond substituents is 1. The molecule has 1 atom stereocenters. The van der Waals surface area contributed by atoms with Crippen molar-refractivity contribution in [2.75, 3.05) is 32.0 Å². The standard InChI is InChI=1S/C12H16N2O/c1-14-5-4-12(8-14)7-13-11-6-9(15)2-3-10(11)12/h2-3,6,13,15H,4-5,7-8H2,1H3. The molecule has 1 saturated heterocycles. The number of benzene rings is 1. The van der Waals surface area contributed by atoms with Crippen LogP contribution in [0.5, 0.6) is 5.75 Å². The number of hydrogen-bond acceptors (Lipinski definition) is 3. The number of hydrogen-bond donors (Lipinski definition) is 2. The molecular weight excluding hydrogens is 188 g/mol. The Morgan fingerprint density at radius 2 is 2.33 bits per heavy atom. The van der Waals surface area contributed by atoms with E-state index in [-0.39, 0.29) is 5.41 Å². The highest BCUT2D eigenvalue weighted by atomic mass is 16.3. The SMILES string of the molecule is CN1CCC2(CNc3cc(O)ccc32)C1. The third kappa shape index (κ3) is 1.23. The number of anilines is 1. The average molecular weight is 204 g/mol. The normalized spacial score (nSPS) is 29.4.